The van der Waals surface area contributed by atoms with Gasteiger partial charge >= 0.3 is 6.09 Å². The van der Waals surface area contributed by atoms with Crippen molar-refractivity contribution in [3.63, 3.8) is 0 Å². The van der Waals surface area contributed by atoms with E-state index in [2.05, 4.69) is 9.88 Å². The van der Waals surface area contributed by atoms with Crippen LogP contribution in [0.4, 0.5) is 4.79 Å². The number of imidazole rings is 1. The lowest BCUT2D eigenvalue weighted by molar-refractivity contribution is 0.102. The Labute approximate surface area is 94.1 Å². The molecular formula is C10H16N4O2. The molecule has 0 aromatic carbocycles. The van der Waals surface area contributed by atoms with Gasteiger partial charge in [-0.05, 0) is 0 Å². The van der Waals surface area contributed by atoms with Crippen molar-refractivity contribution < 1.29 is 9.90 Å². The zero-order valence-electron chi connectivity index (χ0n) is 9.33. The first-order valence-corrected chi connectivity index (χ1v) is 5.32. The van der Waals surface area contributed by atoms with Crippen LogP contribution in [-0.4, -0.2) is 56.7 Å². The highest BCUT2D eigenvalue weighted by Gasteiger charge is 2.20. The van der Waals surface area contributed by atoms with Crippen LogP contribution < -0.4 is 0 Å². The van der Waals surface area contributed by atoms with Crippen LogP contribution in [0, 0.1) is 0 Å². The molecule has 1 fully saturated rings. The van der Waals surface area contributed by atoms with Gasteiger partial charge in [-0.1, -0.05) is 0 Å². The van der Waals surface area contributed by atoms with Gasteiger partial charge in [-0.3, -0.25) is 4.90 Å². The number of carboxylic acid groups (broad SMARTS) is 1. The van der Waals surface area contributed by atoms with Gasteiger partial charge in [0.25, 0.3) is 0 Å². The molecule has 16 heavy (non-hydrogen) atoms. The highest BCUT2D eigenvalue weighted by Crippen LogP contribution is 2.06. The predicted molar refractivity (Wildman–Crippen MR) is 58.1 cm³/mol. The van der Waals surface area contributed by atoms with E-state index in [-0.39, 0.29) is 0 Å². The van der Waals surface area contributed by atoms with E-state index in [1.165, 1.54) is 4.90 Å². The lowest BCUT2D eigenvalue weighted by Gasteiger charge is -2.32. The Balaban J connectivity index is 1.83. The van der Waals surface area contributed by atoms with Crippen molar-refractivity contribution >= 4 is 6.09 Å². The third kappa shape index (κ3) is 2.52. The fourth-order valence-electron chi connectivity index (χ4n) is 1.87. The maximum absolute atomic E-state index is 10.7. The monoisotopic (exact) mass is 224 g/mol. The molecule has 1 saturated heterocycles. The number of piperazine rings is 1. The highest BCUT2D eigenvalue weighted by molar-refractivity contribution is 5.65. The molecule has 2 heterocycles. The standard InChI is InChI=1S/C10H16N4O2/c1-12-6-9(11-8-12)7-13-2-4-14(5-3-13)10(15)16/h6,8H,2-5,7H2,1H3,(H,15,16). The Hall–Kier alpha value is -1.56. The summed E-state index contributed by atoms with van der Waals surface area (Å²) >= 11 is 0. The summed E-state index contributed by atoms with van der Waals surface area (Å²) in [5.74, 6) is 0. The SMILES string of the molecule is Cn1cnc(CN2CCN(C(=O)O)CC2)c1. The first kappa shape index (κ1) is 10.9. The second-order valence-electron chi connectivity index (χ2n) is 4.08. The molecule has 0 atom stereocenters. The maximum atomic E-state index is 10.7. The number of rotatable bonds is 2. The molecule has 1 aliphatic rings. The fraction of sp³-hybridized carbons (Fsp3) is 0.600. The van der Waals surface area contributed by atoms with E-state index < -0.39 is 6.09 Å². The average molecular weight is 224 g/mol. The van der Waals surface area contributed by atoms with Crippen LogP contribution in [0.5, 0.6) is 0 Å². The van der Waals surface area contributed by atoms with Crippen LogP contribution in [0.3, 0.4) is 0 Å². The minimum Gasteiger partial charge on any atom is -0.465 e. The van der Waals surface area contributed by atoms with Crippen molar-refractivity contribution in [1.29, 1.82) is 0 Å². The van der Waals surface area contributed by atoms with Crippen molar-refractivity contribution in [3.05, 3.63) is 18.2 Å². The van der Waals surface area contributed by atoms with Gasteiger partial charge in [0, 0.05) is 46.0 Å². The fourth-order valence-corrected chi connectivity index (χ4v) is 1.87. The minimum absolute atomic E-state index is 0.585. The van der Waals surface area contributed by atoms with Crippen LogP contribution in [0.2, 0.25) is 0 Å². The molecule has 0 saturated carbocycles. The molecule has 6 nitrogen and oxygen atoms in total. The number of aryl methyl sites for hydroxylation is 1. The molecule has 0 aliphatic carbocycles. The summed E-state index contributed by atoms with van der Waals surface area (Å²) in [5, 5.41) is 8.81. The minimum atomic E-state index is -0.822. The first-order chi connectivity index (χ1) is 7.65. The van der Waals surface area contributed by atoms with Crippen molar-refractivity contribution in [1.82, 2.24) is 19.4 Å². The molecule has 0 unspecified atom stereocenters. The lowest BCUT2D eigenvalue weighted by atomic mass is 10.3. The van der Waals surface area contributed by atoms with E-state index in [9.17, 15) is 4.79 Å². The Morgan fingerprint density at radius 2 is 2.12 bits per heavy atom. The summed E-state index contributed by atoms with van der Waals surface area (Å²) < 4.78 is 1.92. The topological polar surface area (TPSA) is 61.6 Å². The summed E-state index contributed by atoms with van der Waals surface area (Å²) in [6, 6.07) is 0. The molecular weight excluding hydrogens is 208 g/mol. The molecule has 1 aromatic rings. The molecule has 0 radical (unpaired) electrons. The van der Waals surface area contributed by atoms with Crippen LogP contribution >= 0.6 is 0 Å². The number of aromatic nitrogens is 2. The van der Waals surface area contributed by atoms with Crippen molar-refractivity contribution in [2.24, 2.45) is 7.05 Å². The third-order valence-electron chi connectivity index (χ3n) is 2.79. The number of hydrogen-bond donors (Lipinski definition) is 1. The van der Waals surface area contributed by atoms with Crippen LogP contribution in [0.1, 0.15) is 5.69 Å². The first-order valence-electron chi connectivity index (χ1n) is 5.32. The van der Waals surface area contributed by atoms with Gasteiger partial charge in [-0.15, -0.1) is 0 Å². The zero-order chi connectivity index (χ0) is 11.5. The quantitative estimate of drug-likeness (QED) is 0.780. The lowest BCUT2D eigenvalue weighted by Crippen LogP contribution is -2.47. The summed E-state index contributed by atoms with van der Waals surface area (Å²) in [6.45, 7) is 3.53. The van der Waals surface area contributed by atoms with Gasteiger partial charge in [-0.25, -0.2) is 9.78 Å². The van der Waals surface area contributed by atoms with E-state index in [1.807, 2.05) is 17.8 Å². The van der Waals surface area contributed by atoms with Gasteiger partial charge in [0.15, 0.2) is 0 Å². The van der Waals surface area contributed by atoms with Crippen LogP contribution in [0.15, 0.2) is 12.5 Å². The van der Waals surface area contributed by atoms with Crippen molar-refractivity contribution in [2.75, 3.05) is 26.2 Å². The Bertz CT molecular complexity index is 369. The molecule has 88 valence electrons. The Morgan fingerprint density at radius 1 is 1.44 bits per heavy atom. The second-order valence-corrected chi connectivity index (χ2v) is 4.08. The maximum Gasteiger partial charge on any atom is 0.407 e. The molecule has 1 N–H and O–H groups in total. The molecule has 1 aromatic heterocycles. The van der Waals surface area contributed by atoms with Crippen molar-refractivity contribution in [3.8, 4) is 0 Å². The highest BCUT2D eigenvalue weighted by atomic mass is 16.4. The largest absolute Gasteiger partial charge is 0.465 e. The third-order valence-corrected chi connectivity index (χ3v) is 2.79. The zero-order valence-corrected chi connectivity index (χ0v) is 9.33. The predicted octanol–water partition coefficient (Wildman–Crippen LogP) is 0.216. The molecule has 0 bridgehead atoms. The molecule has 0 spiro atoms. The number of amides is 1. The van der Waals surface area contributed by atoms with Gasteiger partial charge in [0.05, 0.1) is 12.0 Å². The van der Waals surface area contributed by atoms with Crippen molar-refractivity contribution in [2.45, 2.75) is 6.54 Å². The van der Waals surface area contributed by atoms with Crippen LogP contribution in [-0.2, 0) is 13.6 Å². The molecule has 6 heteroatoms. The van der Waals surface area contributed by atoms with E-state index >= 15 is 0 Å². The number of nitrogens with zero attached hydrogens (tertiary/aromatic N) is 4. The van der Waals surface area contributed by atoms with Gasteiger partial charge in [-0.2, -0.15) is 0 Å². The molecule has 1 amide bonds. The normalized spacial score (nSPS) is 17.7. The van der Waals surface area contributed by atoms with E-state index in [0.29, 0.717) is 13.1 Å². The summed E-state index contributed by atoms with van der Waals surface area (Å²) in [4.78, 5) is 18.6. The van der Waals surface area contributed by atoms with Crippen LogP contribution in [0.25, 0.3) is 0 Å². The summed E-state index contributed by atoms with van der Waals surface area (Å²) in [6.07, 6.45) is 2.95. The second kappa shape index (κ2) is 4.52. The summed E-state index contributed by atoms with van der Waals surface area (Å²) in [7, 11) is 1.94. The van der Waals surface area contributed by atoms with Gasteiger partial charge in [0.1, 0.15) is 0 Å². The smallest absolute Gasteiger partial charge is 0.407 e. The summed E-state index contributed by atoms with van der Waals surface area (Å²) in [5.41, 5.74) is 1.03. The van der Waals surface area contributed by atoms with Gasteiger partial charge < -0.3 is 14.6 Å². The Kier molecular flexibility index (Phi) is 3.09. The van der Waals surface area contributed by atoms with Gasteiger partial charge in [0.2, 0.25) is 0 Å². The average Bonchev–Trinajstić information content (AvgIpc) is 2.65. The number of carbonyl (C=O) groups is 1. The molecule has 1 aliphatic heterocycles. The number of hydrogen-bond acceptors (Lipinski definition) is 3. The Morgan fingerprint density at radius 3 is 2.62 bits per heavy atom. The molecule has 2 rings (SSSR count). The van der Waals surface area contributed by atoms with E-state index in [0.717, 1.165) is 25.3 Å². The van der Waals surface area contributed by atoms with E-state index in [1.54, 1.807) is 6.33 Å². The van der Waals surface area contributed by atoms with E-state index in [4.69, 9.17) is 5.11 Å².